The monoisotopic (exact) mass is 141 g/mol. The number of hydrogen-bond acceptors (Lipinski definition) is 3. The molecule has 0 aromatic rings. The summed E-state index contributed by atoms with van der Waals surface area (Å²) >= 11 is 0. The molecular weight excluding hydrogens is 130 g/mol. The van der Waals surface area contributed by atoms with E-state index in [1.165, 1.54) is 13.0 Å². The SMILES string of the molecule is CC(=O)/C=C1/NCCCO1. The Hall–Kier alpha value is -0.990. The summed E-state index contributed by atoms with van der Waals surface area (Å²) in [7, 11) is 0. The fourth-order valence-electron chi connectivity index (χ4n) is 0.794. The van der Waals surface area contributed by atoms with Gasteiger partial charge in [-0.2, -0.15) is 0 Å². The van der Waals surface area contributed by atoms with Gasteiger partial charge in [0.25, 0.3) is 0 Å². The summed E-state index contributed by atoms with van der Waals surface area (Å²) in [6.45, 7) is 3.12. The van der Waals surface area contributed by atoms with Crippen LogP contribution < -0.4 is 5.32 Å². The van der Waals surface area contributed by atoms with E-state index < -0.39 is 0 Å². The summed E-state index contributed by atoms with van der Waals surface area (Å²) in [5, 5.41) is 2.97. The number of nitrogens with one attached hydrogen (secondary N) is 1. The van der Waals surface area contributed by atoms with Crippen molar-refractivity contribution in [2.45, 2.75) is 13.3 Å². The second-order valence-corrected chi connectivity index (χ2v) is 2.25. The maximum atomic E-state index is 10.5. The van der Waals surface area contributed by atoms with E-state index in [1.54, 1.807) is 0 Å². The van der Waals surface area contributed by atoms with Crippen molar-refractivity contribution in [3.8, 4) is 0 Å². The third-order valence-corrected chi connectivity index (χ3v) is 1.21. The highest BCUT2D eigenvalue weighted by Crippen LogP contribution is 1.99. The second kappa shape index (κ2) is 3.25. The molecule has 0 saturated carbocycles. The summed E-state index contributed by atoms with van der Waals surface area (Å²) in [4.78, 5) is 10.5. The minimum atomic E-state index is 0.0180. The van der Waals surface area contributed by atoms with Crippen molar-refractivity contribution in [3.05, 3.63) is 12.0 Å². The number of carbonyl (C=O) groups excluding carboxylic acids is 1. The van der Waals surface area contributed by atoms with Gasteiger partial charge in [-0.1, -0.05) is 0 Å². The van der Waals surface area contributed by atoms with Gasteiger partial charge in [-0.05, 0) is 13.3 Å². The van der Waals surface area contributed by atoms with Crippen LogP contribution in [0.3, 0.4) is 0 Å². The number of ether oxygens (including phenoxy) is 1. The molecule has 1 aliphatic heterocycles. The molecule has 56 valence electrons. The minimum absolute atomic E-state index is 0.0180. The Morgan fingerprint density at radius 3 is 3.10 bits per heavy atom. The van der Waals surface area contributed by atoms with Gasteiger partial charge in [0.2, 0.25) is 0 Å². The molecule has 1 aliphatic rings. The molecule has 1 N–H and O–H groups in total. The summed E-state index contributed by atoms with van der Waals surface area (Å²) in [5.41, 5.74) is 0. The summed E-state index contributed by atoms with van der Waals surface area (Å²) in [5.74, 6) is 0.628. The molecule has 1 rings (SSSR count). The predicted molar refractivity (Wildman–Crippen MR) is 37.3 cm³/mol. The molecule has 1 fully saturated rings. The summed E-state index contributed by atoms with van der Waals surface area (Å²) in [6, 6.07) is 0. The molecule has 0 aromatic carbocycles. The highest BCUT2D eigenvalue weighted by molar-refractivity contribution is 5.87. The van der Waals surface area contributed by atoms with Gasteiger partial charge in [-0.25, -0.2) is 0 Å². The van der Waals surface area contributed by atoms with Gasteiger partial charge in [-0.15, -0.1) is 0 Å². The predicted octanol–water partition coefficient (Wildman–Crippen LogP) is 0.427. The zero-order valence-corrected chi connectivity index (χ0v) is 6.02. The van der Waals surface area contributed by atoms with E-state index in [2.05, 4.69) is 5.32 Å². The Bertz CT molecular complexity index is 155. The quantitative estimate of drug-likeness (QED) is 0.538. The van der Waals surface area contributed by atoms with Crippen LogP contribution in [0.4, 0.5) is 0 Å². The van der Waals surface area contributed by atoms with E-state index >= 15 is 0 Å². The van der Waals surface area contributed by atoms with Crippen molar-refractivity contribution in [2.75, 3.05) is 13.2 Å². The fourth-order valence-corrected chi connectivity index (χ4v) is 0.794. The largest absolute Gasteiger partial charge is 0.479 e. The van der Waals surface area contributed by atoms with Crippen molar-refractivity contribution in [1.82, 2.24) is 5.32 Å². The molecule has 0 radical (unpaired) electrons. The van der Waals surface area contributed by atoms with Crippen molar-refractivity contribution in [1.29, 1.82) is 0 Å². The van der Waals surface area contributed by atoms with Crippen LogP contribution in [-0.4, -0.2) is 18.9 Å². The molecule has 3 nitrogen and oxygen atoms in total. The van der Waals surface area contributed by atoms with Gasteiger partial charge >= 0.3 is 0 Å². The van der Waals surface area contributed by atoms with Crippen LogP contribution in [0, 0.1) is 0 Å². The van der Waals surface area contributed by atoms with Crippen LogP contribution >= 0.6 is 0 Å². The van der Waals surface area contributed by atoms with Crippen LogP contribution in [-0.2, 0) is 9.53 Å². The van der Waals surface area contributed by atoms with Gasteiger partial charge in [0, 0.05) is 12.6 Å². The van der Waals surface area contributed by atoms with Crippen molar-refractivity contribution in [3.63, 3.8) is 0 Å². The average Bonchev–Trinajstić information content (AvgIpc) is 1.88. The Balaban J connectivity index is 2.45. The van der Waals surface area contributed by atoms with Crippen molar-refractivity contribution >= 4 is 5.78 Å². The van der Waals surface area contributed by atoms with Gasteiger partial charge in [-0.3, -0.25) is 4.79 Å². The molecule has 1 saturated heterocycles. The van der Waals surface area contributed by atoms with Crippen molar-refractivity contribution < 1.29 is 9.53 Å². The molecule has 10 heavy (non-hydrogen) atoms. The van der Waals surface area contributed by atoms with Gasteiger partial charge in [0.15, 0.2) is 11.7 Å². The lowest BCUT2D eigenvalue weighted by molar-refractivity contribution is -0.112. The maximum Gasteiger partial charge on any atom is 0.190 e. The van der Waals surface area contributed by atoms with Gasteiger partial charge in [0.05, 0.1) is 6.61 Å². The van der Waals surface area contributed by atoms with E-state index in [1.807, 2.05) is 0 Å². The first-order chi connectivity index (χ1) is 4.79. The van der Waals surface area contributed by atoms with E-state index in [0.29, 0.717) is 12.5 Å². The molecule has 1 heterocycles. The van der Waals surface area contributed by atoms with Gasteiger partial charge < -0.3 is 10.1 Å². The standard InChI is InChI=1S/C7H11NO2/c1-6(9)5-7-8-3-2-4-10-7/h5,8H,2-4H2,1H3/b7-5-. The number of rotatable bonds is 1. The minimum Gasteiger partial charge on any atom is -0.479 e. The molecule has 0 aromatic heterocycles. The van der Waals surface area contributed by atoms with Crippen LogP contribution in [0.25, 0.3) is 0 Å². The highest BCUT2D eigenvalue weighted by atomic mass is 16.5. The summed E-state index contributed by atoms with van der Waals surface area (Å²) in [6.07, 6.45) is 2.48. The molecule has 0 bridgehead atoms. The zero-order chi connectivity index (χ0) is 7.40. The highest BCUT2D eigenvalue weighted by Gasteiger charge is 2.03. The average molecular weight is 141 g/mol. The van der Waals surface area contributed by atoms with E-state index in [-0.39, 0.29) is 5.78 Å². The Kier molecular flexibility index (Phi) is 2.31. The van der Waals surface area contributed by atoms with Crippen LogP contribution in [0.15, 0.2) is 12.0 Å². The summed E-state index contributed by atoms with van der Waals surface area (Å²) < 4.78 is 5.12. The zero-order valence-electron chi connectivity index (χ0n) is 6.02. The fraction of sp³-hybridized carbons (Fsp3) is 0.571. The molecule has 0 aliphatic carbocycles. The third kappa shape index (κ3) is 2.09. The number of carbonyl (C=O) groups is 1. The molecule has 3 heteroatoms. The van der Waals surface area contributed by atoms with Crippen LogP contribution in [0.5, 0.6) is 0 Å². The van der Waals surface area contributed by atoms with Crippen molar-refractivity contribution in [2.24, 2.45) is 0 Å². The molecule has 0 atom stereocenters. The maximum absolute atomic E-state index is 10.5. The van der Waals surface area contributed by atoms with Crippen LogP contribution in [0.2, 0.25) is 0 Å². The first kappa shape index (κ1) is 7.12. The first-order valence-electron chi connectivity index (χ1n) is 3.38. The number of hydrogen-bond donors (Lipinski definition) is 1. The Morgan fingerprint density at radius 1 is 1.80 bits per heavy atom. The van der Waals surface area contributed by atoms with Crippen LogP contribution in [0.1, 0.15) is 13.3 Å². The van der Waals surface area contributed by atoms with E-state index in [0.717, 1.165) is 13.0 Å². The Labute approximate surface area is 60.1 Å². The normalized spacial score (nSPS) is 21.5. The first-order valence-corrected chi connectivity index (χ1v) is 3.38. The lowest BCUT2D eigenvalue weighted by atomic mass is 10.3. The van der Waals surface area contributed by atoms with E-state index in [9.17, 15) is 4.79 Å². The molecule has 0 amide bonds. The topological polar surface area (TPSA) is 38.3 Å². The second-order valence-electron chi connectivity index (χ2n) is 2.25. The van der Waals surface area contributed by atoms with E-state index in [4.69, 9.17) is 4.74 Å². The third-order valence-electron chi connectivity index (χ3n) is 1.21. The molecular formula is C7H11NO2. The number of allylic oxidation sites excluding steroid dienone is 1. The van der Waals surface area contributed by atoms with Gasteiger partial charge in [0.1, 0.15) is 0 Å². The Morgan fingerprint density at radius 2 is 2.60 bits per heavy atom. The lowest BCUT2D eigenvalue weighted by Gasteiger charge is -2.17. The molecule has 0 spiro atoms. The lowest BCUT2D eigenvalue weighted by Crippen LogP contribution is -2.25. The smallest absolute Gasteiger partial charge is 0.190 e. The molecule has 0 unspecified atom stereocenters. The number of ketones is 1.